The van der Waals surface area contributed by atoms with Crippen LogP contribution < -0.4 is 10.1 Å². The first-order valence-corrected chi connectivity index (χ1v) is 7.26. The molecule has 1 aromatic carbocycles. The third-order valence-corrected chi connectivity index (χ3v) is 4.16. The zero-order valence-electron chi connectivity index (χ0n) is 11.4. The van der Waals surface area contributed by atoms with Crippen molar-refractivity contribution in [2.45, 2.75) is 33.0 Å². The van der Waals surface area contributed by atoms with Gasteiger partial charge in [-0.1, -0.05) is 18.2 Å². The predicted molar refractivity (Wildman–Crippen MR) is 77.4 cm³/mol. The van der Waals surface area contributed by atoms with Crippen LogP contribution in [0.4, 0.5) is 8.78 Å². The fourth-order valence-electron chi connectivity index (χ4n) is 1.98. The second-order valence-corrected chi connectivity index (χ2v) is 5.55. The summed E-state index contributed by atoms with van der Waals surface area (Å²) in [7, 11) is 0. The Morgan fingerprint density at radius 3 is 2.65 bits per heavy atom. The molecule has 1 aromatic heterocycles. The number of alkyl halides is 2. The maximum atomic E-state index is 12.4. The number of nitrogens with one attached hydrogen (secondary N) is 1. The van der Waals surface area contributed by atoms with Gasteiger partial charge in [0.25, 0.3) is 0 Å². The van der Waals surface area contributed by atoms with E-state index >= 15 is 0 Å². The summed E-state index contributed by atoms with van der Waals surface area (Å²) in [6, 6.07) is 8.89. The lowest BCUT2D eigenvalue weighted by Crippen LogP contribution is -2.19. The van der Waals surface area contributed by atoms with Crippen molar-refractivity contribution in [2.75, 3.05) is 0 Å². The second kappa shape index (κ2) is 6.81. The summed E-state index contributed by atoms with van der Waals surface area (Å²) in [5.41, 5.74) is 1.98. The van der Waals surface area contributed by atoms with Gasteiger partial charge in [-0.05, 0) is 36.9 Å². The van der Waals surface area contributed by atoms with Crippen LogP contribution in [-0.2, 0) is 6.54 Å². The molecular formula is C15H17F2NOS. The van der Waals surface area contributed by atoms with Crippen LogP contribution in [0.2, 0.25) is 0 Å². The van der Waals surface area contributed by atoms with Crippen LogP contribution in [0.25, 0.3) is 0 Å². The van der Waals surface area contributed by atoms with Crippen molar-refractivity contribution in [3.05, 3.63) is 51.7 Å². The Balaban J connectivity index is 2.05. The molecule has 108 valence electrons. The van der Waals surface area contributed by atoms with Gasteiger partial charge in [0.2, 0.25) is 0 Å². The number of thiophene rings is 1. The zero-order valence-corrected chi connectivity index (χ0v) is 12.2. The molecule has 0 saturated heterocycles. The average Bonchev–Trinajstić information content (AvgIpc) is 2.81. The molecule has 0 aliphatic heterocycles. The van der Waals surface area contributed by atoms with Crippen molar-refractivity contribution in [1.82, 2.24) is 5.32 Å². The highest BCUT2D eigenvalue weighted by atomic mass is 32.1. The highest BCUT2D eigenvalue weighted by Crippen LogP contribution is 2.27. The summed E-state index contributed by atoms with van der Waals surface area (Å²) in [5.74, 6) is 0.227. The highest BCUT2D eigenvalue weighted by Gasteiger charge is 2.14. The van der Waals surface area contributed by atoms with Gasteiger partial charge < -0.3 is 10.1 Å². The molecule has 0 aliphatic carbocycles. The van der Waals surface area contributed by atoms with Crippen molar-refractivity contribution in [3.63, 3.8) is 0 Å². The second-order valence-electron chi connectivity index (χ2n) is 4.55. The largest absolute Gasteiger partial charge is 0.434 e. The Morgan fingerprint density at radius 1 is 1.25 bits per heavy atom. The van der Waals surface area contributed by atoms with E-state index in [-0.39, 0.29) is 11.8 Å². The lowest BCUT2D eigenvalue weighted by atomic mass is 10.1. The molecular weight excluding hydrogens is 280 g/mol. The molecule has 0 radical (unpaired) electrons. The van der Waals surface area contributed by atoms with E-state index in [0.717, 1.165) is 5.56 Å². The summed E-state index contributed by atoms with van der Waals surface area (Å²) < 4.78 is 29.3. The summed E-state index contributed by atoms with van der Waals surface area (Å²) >= 11 is 1.69. The van der Waals surface area contributed by atoms with Crippen LogP contribution in [-0.4, -0.2) is 6.61 Å². The van der Waals surface area contributed by atoms with E-state index in [1.165, 1.54) is 10.4 Å². The molecule has 0 spiro atoms. The molecule has 20 heavy (non-hydrogen) atoms. The number of para-hydroxylation sites is 1. The van der Waals surface area contributed by atoms with Crippen LogP contribution >= 0.6 is 11.3 Å². The molecule has 1 heterocycles. The number of benzene rings is 1. The molecule has 5 heteroatoms. The zero-order chi connectivity index (χ0) is 14.5. The first kappa shape index (κ1) is 14.9. The molecule has 2 rings (SSSR count). The first-order chi connectivity index (χ1) is 9.58. The summed E-state index contributed by atoms with van der Waals surface area (Å²) in [4.78, 5) is 1.25. The van der Waals surface area contributed by atoms with E-state index < -0.39 is 6.61 Å². The van der Waals surface area contributed by atoms with E-state index in [9.17, 15) is 8.78 Å². The third-order valence-electron chi connectivity index (χ3n) is 3.14. The molecule has 0 aliphatic rings. The molecule has 2 aromatic rings. The van der Waals surface area contributed by atoms with Gasteiger partial charge in [-0.3, -0.25) is 0 Å². The van der Waals surface area contributed by atoms with Gasteiger partial charge in [-0.25, -0.2) is 0 Å². The normalized spacial score (nSPS) is 12.7. The Morgan fingerprint density at radius 2 is 2.00 bits per heavy atom. The van der Waals surface area contributed by atoms with Crippen LogP contribution in [0.15, 0.2) is 35.7 Å². The Bertz CT molecular complexity index is 556. The Labute approximate surface area is 121 Å². The standard InChI is InChI=1S/C15H17F2NOS/c1-10-7-8-20-14(10)9-18-11(2)12-5-3-4-6-13(12)19-15(16)17/h3-8,11,15,18H,9H2,1-2H3. The number of aryl methyl sites for hydroxylation is 1. The van der Waals surface area contributed by atoms with Crippen LogP contribution in [0.3, 0.4) is 0 Å². The fourth-order valence-corrected chi connectivity index (χ4v) is 2.84. The van der Waals surface area contributed by atoms with Gasteiger partial charge in [-0.15, -0.1) is 11.3 Å². The number of ether oxygens (including phenoxy) is 1. The van der Waals surface area contributed by atoms with Crippen LogP contribution in [0, 0.1) is 6.92 Å². The lowest BCUT2D eigenvalue weighted by Gasteiger charge is -2.18. The number of rotatable bonds is 6. The number of hydrogen-bond donors (Lipinski definition) is 1. The van der Waals surface area contributed by atoms with E-state index in [0.29, 0.717) is 6.54 Å². The van der Waals surface area contributed by atoms with Crippen molar-refractivity contribution >= 4 is 11.3 Å². The van der Waals surface area contributed by atoms with Crippen molar-refractivity contribution in [1.29, 1.82) is 0 Å². The topological polar surface area (TPSA) is 21.3 Å². The van der Waals surface area contributed by atoms with Gasteiger partial charge in [0.05, 0.1) is 0 Å². The van der Waals surface area contributed by atoms with Crippen LogP contribution in [0.1, 0.15) is 29.0 Å². The molecule has 1 N–H and O–H groups in total. The van der Waals surface area contributed by atoms with E-state index in [4.69, 9.17) is 0 Å². The molecule has 0 bridgehead atoms. The average molecular weight is 297 g/mol. The van der Waals surface area contributed by atoms with E-state index in [1.807, 2.05) is 18.4 Å². The van der Waals surface area contributed by atoms with E-state index in [1.54, 1.807) is 29.5 Å². The summed E-state index contributed by atoms with van der Waals surface area (Å²) in [6.45, 7) is 1.92. The van der Waals surface area contributed by atoms with E-state index in [2.05, 4.69) is 23.0 Å². The maximum Gasteiger partial charge on any atom is 0.387 e. The molecule has 0 fully saturated rings. The number of halogens is 2. The number of hydrogen-bond acceptors (Lipinski definition) is 3. The highest BCUT2D eigenvalue weighted by molar-refractivity contribution is 7.10. The summed E-state index contributed by atoms with van der Waals surface area (Å²) in [6.07, 6.45) is 0. The quantitative estimate of drug-likeness (QED) is 0.847. The molecule has 1 atom stereocenters. The van der Waals surface area contributed by atoms with Crippen molar-refractivity contribution < 1.29 is 13.5 Å². The predicted octanol–water partition coefficient (Wildman–Crippen LogP) is 4.51. The Hall–Kier alpha value is -1.46. The van der Waals surface area contributed by atoms with Gasteiger partial charge in [0.1, 0.15) is 5.75 Å². The van der Waals surface area contributed by atoms with Gasteiger partial charge >= 0.3 is 6.61 Å². The molecule has 0 amide bonds. The fraction of sp³-hybridized carbons (Fsp3) is 0.333. The Kier molecular flexibility index (Phi) is 5.09. The van der Waals surface area contributed by atoms with Crippen molar-refractivity contribution in [3.8, 4) is 5.75 Å². The minimum atomic E-state index is -2.80. The van der Waals surface area contributed by atoms with Gasteiger partial charge in [0, 0.05) is 23.0 Å². The van der Waals surface area contributed by atoms with Crippen LogP contribution in [0.5, 0.6) is 5.75 Å². The van der Waals surface area contributed by atoms with Gasteiger partial charge in [0.15, 0.2) is 0 Å². The monoisotopic (exact) mass is 297 g/mol. The minimum Gasteiger partial charge on any atom is -0.434 e. The first-order valence-electron chi connectivity index (χ1n) is 6.38. The minimum absolute atomic E-state index is 0.0635. The third kappa shape index (κ3) is 3.77. The SMILES string of the molecule is Cc1ccsc1CNC(C)c1ccccc1OC(F)F. The molecule has 1 unspecified atom stereocenters. The van der Waals surface area contributed by atoms with Gasteiger partial charge in [-0.2, -0.15) is 8.78 Å². The lowest BCUT2D eigenvalue weighted by molar-refractivity contribution is -0.0506. The smallest absolute Gasteiger partial charge is 0.387 e. The maximum absolute atomic E-state index is 12.4. The molecule has 0 saturated carbocycles. The summed E-state index contributed by atoms with van der Waals surface area (Å²) in [5, 5.41) is 5.39. The molecule has 2 nitrogen and oxygen atoms in total. The van der Waals surface area contributed by atoms with Crippen molar-refractivity contribution in [2.24, 2.45) is 0 Å².